The maximum absolute atomic E-state index is 5.55. The van der Waals surface area contributed by atoms with Gasteiger partial charge in [-0.3, -0.25) is 0 Å². The molecule has 1 saturated heterocycles. The van der Waals surface area contributed by atoms with Gasteiger partial charge in [-0.25, -0.2) is 4.98 Å². The van der Waals surface area contributed by atoms with Gasteiger partial charge in [-0.1, -0.05) is 0 Å². The summed E-state index contributed by atoms with van der Waals surface area (Å²) in [6, 6.07) is 0. The predicted molar refractivity (Wildman–Crippen MR) is 45.5 cm³/mol. The molecule has 4 heteroatoms. The lowest BCUT2D eigenvalue weighted by Crippen LogP contribution is -2.11. The number of rotatable bonds is 1. The molecule has 1 fully saturated rings. The van der Waals surface area contributed by atoms with Gasteiger partial charge in [0.25, 0.3) is 0 Å². The Bertz CT molecular complexity index is 253. The second-order valence-corrected chi connectivity index (χ2v) is 3.08. The summed E-state index contributed by atoms with van der Waals surface area (Å²) in [6.45, 7) is 0.851. The Morgan fingerprint density at radius 3 is 3.08 bits per heavy atom. The van der Waals surface area contributed by atoms with Crippen LogP contribution in [0, 0.1) is 0 Å². The third kappa shape index (κ3) is 1.43. The van der Waals surface area contributed by atoms with Crippen LogP contribution in [0.15, 0.2) is 6.20 Å². The number of H-pyrrole nitrogens is 1. The third-order valence-corrected chi connectivity index (χ3v) is 2.14. The summed E-state index contributed by atoms with van der Waals surface area (Å²) < 4.78 is 5.55. The normalized spacial score (nSPS) is 24.2. The van der Waals surface area contributed by atoms with Gasteiger partial charge < -0.3 is 15.5 Å². The number of imidazole rings is 1. The minimum atomic E-state index is 0.184. The Hall–Kier alpha value is -1.03. The summed E-state index contributed by atoms with van der Waals surface area (Å²) in [4.78, 5) is 6.92. The van der Waals surface area contributed by atoms with E-state index >= 15 is 0 Å². The zero-order valence-corrected chi connectivity index (χ0v) is 6.92. The number of nitrogen functional groups attached to an aromatic ring is 1. The van der Waals surface area contributed by atoms with E-state index in [9.17, 15) is 0 Å². The SMILES string of the molecule is Nc1ncc(C2CCCCO2)[nH]1. The minimum absolute atomic E-state index is 0.184. The maximum atomic E-state index is 5.55. The van der Waals surface area contributed by atoms with Gasteiger partial charge in [0.1, 0.15) is 0 Å². The standard InChI is InChI=1S/C8H13N3O/c9-8-10-5-6(11-8)7-3-1-2-4-12-7/h5,7H,1-4H2,(H3,9,10,11). The van der Waals surface area contributed by atoms with Gasteiger partial charge in [-0.05, 0) is 19.3 Å². The van der Waals surface area contributed by atoms with E-state index in [2.05, 4.69) is 9.97 Å². The molecule has 0 aromatic carbocycles. The number of hydrogen-bond donors (Lipinski definition) is 2. The molecule has 2 rings (SSSR count). The Morgan fingerprint density at radius 1 is 1.58 bits per heavy atom. The molecule has 1 unspecified atom stereocenters. The number of anilines is 1. The molecule has 3 N–H and O–H groups in total. The molecule has 0 bridgehead atoms. The van der Waals surface area contributed by atoms with Gasteiger partial charge in [0.2, 0.25) is 0 Å². The summed E-state index contributed by atoms with van der Waals surface area (Å²) in [5.74, 6) is 0.471. The number of nitrogens with one attached hydrogen (secondary N) is 1. The highest BCUT2D eigenvalue weighted by Gasteiger charge is 2.17. The summed E-state index contributed by atoms with van der Waals surface area (Å²) >= 11 is 0. The molecule has 12 heavy (non-hydrogen) atoms. The first-order valence-corrected chi connectivity index (χ1v) is 4.28. The molecule has 0 radical (unpaired) electrons. The first-order valence-electron chi connectivity index (χ1n) is 4.28. The lowest BCUT2D eigenvalue weighted by molar-refractivity contribution is 0.0126. The zero-order valence-electron chi connectivity index (χ0n) is 6.92. The van der Waals surface area contributed by atoms with Crippen molar-refractivity contribution in [1.82, 2.24) is 9.97 Å². The van der Waals surface area contributed by atoms with E-state index in [1.807, 2.05) is 0 Å². The van der Waals surface area contributed by atoms with Gasteiger partial charge >= 0.3 is 0 Å². The predicted octanol–water partition coefficient (Wildman–Crippen LogP) is 1.23. The lowest BCUT2D eigenvalue weighted by Gasteiger charge is -2.20. The molecule has 4 nitrogen and oxygen atoms in total. The van der Waals surface area contributed by atoms with E-state index in [4.69, 9.17) is 10.5 Å². The van der Waals surface area contributed by atoms with Crippen LogP contribution in [-0.2, 0) is 4.74 Å². The van der Waals surface area contributed by atoms with Crippen LogP contribution in [0.1, 0.15) is 31.1 Å². The molecule has 1 aromatic heterocycles. The van der Waals surface area contributed by atoms with Crippen molar-refractivity contribution < 1.29 is 4.74 Å². The molecule has 2 heterocycles. The van der Waals surface area contributed by atoms with Crippen molar-refractivity contribution in [1.29, 1.82) is 0 Å². The lowest BCUT2D eigenvalue weighted by atomic mass is 10.1. The van der Waals surface area contributed by atoms with Crippen LogP contribution in [0.2, 0.25) is 0 Å². The average Bonchev–Trinajstić information content (AvgIpc) is 2.54. The molecule has 1 aliphatic rings. The number of hydrogen-bond acceptors (Lipinski definition) is 3. The van der Waals surface area contributed by atoms with Gasteiger partial charge in [-0.15, -0.1) is 0 Å². The van der Waals surface area contributed by atoms with E-state index in [1.165, 1.54) is 12.8 Å². The first kappa shape index (κ1) is 7.61. The monoisotopic (exact) mass is 167 g/mol. The first-order chi connectivity index (χ1) is 5.86. The van der Waals surface area contributed by atoms with Crippen LogP contribution < -0.4 is 5.73 Å². The Kier molecular flexibility index (Phi) is 1.99. The van der Waals surface area contributed by atoms with Crippen LogP contribution in [0.5, 0.6) is 0 Å². The number of nitrogens with zero attached hydrogens (tertiary/aromatic N) is 1. The Labute approximate surface area is 71.1 Å². The minimum Gasteiger partial charge on any atom is -0.372 e. The highest BCUT2D eigenvalue weighted by atomic mass is 16.5. The number of ether oxygens (including phenoxy) is 1. The molecule has 0 amide bonds. The second kappa shape index (κ2) is 3.15. The number of aromatic nitrogens is 2. The fourth-order valence-electron chi connectivity index (χ4n) is 1.50. The highest BCUT2D eigenvalue weighted by molar-refractivity contribution is 5.19. The Balaban J connectivity index is 2.08. The summed E-state index contributed by atoms with van der Waals surface area (Å²) in [5.41, 5.74) is 6.47. The molecule has 66 valence electrons. The van der Waals surface area contributed by atoms with Crippen LogP contribution in [0.25, 0.3) is 0 Å². The second-order valence-electron chi connectivity index (χ2n) is 3.08. The molecule has 0 saturated carbocycles. The van der Waals surface area contributed by atoms with E-state index in [0.29, 0.717) is 5.95 Å². The fourth-order valence-corrected chi connectivity index (χ4v) is 1.50. The van der Waals surface area contributed by atoms with Crippen molar-refractivity contribution in [3.63, 3.8) is 0 Å². The van der Waals surface area contributed by atoms with Crippen LogP contribution >= 0.6 is 0 Å². The van der Waals surface area contributed by atoms with Crippen molar-refractivity contribution in [2.45, 2.75) is 25.4 Å². The highest BCUT2D eigenvalue weighted by Crippen LogP contribution is 2.26. The van der Waals surface area contributed by atoms with Crippen molar-refractivity contribution in [3.8, 4) is 0 Å². The van der Waals surface area contributed by atoms with Crippen LogP contribution in [0.4, 0.5) is 5.95 Å². The van der Waals surface area contributed by atoms with Gasteiger partial charge in [0.05, 0.1) is 18.0 Å². The zero-order chi connectivity index (χ0) is 8.39. The van der Waals surface area contributed by atoms with E-state index in [0.717, 1.165) is 18.7 Å². The topological polar surface area (TPSA) is 63.9 Å². The maximum Gasteiger partial charge on any atom is 0.197 e. The van der Waals surface area contributed by atoms with E-state index in [-0.39, 0.29) is 6.10 Å². The van der Waals surface area contributed by atoms with Crippen molar-refractivity contribution in [3.05, 3.63) is 11.9 Å². The largest absolute Gasteiger partial charge is 0.372 e. The molecule has 1 aromatic rings. The summed E-state index contributed by atoms with van der Waals surface area (Å²) in [6.07, 6.45) is 5.40. The van der Waals surface area contributed by atoms with Gasteiger partial charge in [0, 0.05) is 6.61 Å². The quantitative estimate of drug-likeness (QED) is 0.661. The molecular formula is C8H13N3O. The van der Waals surface area contributed by atoms with E-state index < -0.39 is 0 Å². The molecule has 1 aliphatic heterocycles. The van der Waals surface area contributed by atoms with Gasteiger partial charge in [0.15, 0.2) is 5.95 Å². The fraction of sp³-hybridized carbons (Fsp3) is 0.625. The summed E-state index contributed by atoms with van der Waals surface area (Å²) in [5, 5.41) is 0. The number of aromatic amines is 1. The van der Waals surface area contributed by atoms with Crippen LogP contribution in [0.3, 0.4) is 0 Å². The molecule has 0 spiro atoms. The van der Waals surface area contributed by atoms with Crippen molar-refractivity contribution >= 4 is 5.95 Å². The summed E-state index contributed by atoms with van der Waals surface area (Å²) in [7, 11) is 0. The molecule has 1 atom stereocenters. The van der Waals surface area contributed by atoms with Gasteiger partial charge in [-0.2, -0.15) is 0 Å². The molecule has 0 aliphatic carbocycles. The Morgan fingerprint density at radius 2 is 2.50 bits per heavy atom. The number of nitrogens with two attached hydrogens (primary N) is 1. The average molecular weight is 167 g/mol. The molecular weight excluding hydrogens is 154 g/mol. The third-order valence-electron chi connectivity index (χ3n) is 2.14. The van der Waals surface area contributed by atoms with E-state index in [1.54, 1.807) is 6.20 Å². The van der Waals surface area contributed by atoms with Crippen LogP contribution in [-0.4, -0.2) is 16.6 Å². The smallest absolute Gasteiger partial charge is 0.197 e. The van der Waals surface area contributed by atoms with Crippen molar-refractivity contribution in [2.75, 3.05) is 12.3 Å². The van der Waals surface area contributed by atoms with Crippen molar-refractivity contribution in [2.24, 2.45) is 0 Å².